The number of carbonyl (C=O) groups is 1. The molecule has 0 unspecified atom stereocenters. The number of aromatic nitrogens is 2. The summed E-state index contributed by atoms with van der Waals surface area (Å²) in [6.07, 6.45) is -0.169. The summed E-state index contributed by atoms with van der Waals surface area (Å²) in [6.45, 7) is 0. The normalized spacial score (nSPS) is 18.8. The molecule has 0 radical (unpaired) electrons. The van der Waals surface area contributed by atoms with E-state index in [1.54, 1.807) is 18.2 Å². The van der Waals surface area contributed by atoms with Crippen molar-refractivity contribution >= 4 is 23.1 Å². The Kier molecular flexibility index (Phi) is 6.23. The predicted molar refractivity (Wildman–Crippen MR) is 123 cm³/mol. The Morgan fingerprint density at radius 1 is 1.03 bits per heavy atom. The summed E-state index contributed by atoms with van der Waals surface area (Å²) in [4.78, 5) is 20.5. The van der Waals surface area contributed by atoms with E-state index >= 15 is 0 Å². The number of halogens is 3. The van der Waals surface area contributed by atoms with E-state index in [2.05, 4.69) is 10.3 Å². The van der Waals surface area contributed by atoms with Crippen molar-refractivity contribution < 1.29 is 18.0 Å². The van der Waals surface area contributed by atoms with E-state index in [0.717, 1.165) is 37.6 Å². The fourth-order valence-corrected chi connectivity index (χ4v) is 4.53. The molecule has 0 bridgehead atoms. The molecule has 1 N–H and O–H groups in total. The number of fused-ring (bicyclic) bond motifs is 1. The van der Waals surface area contributed by atoms with Crippen molar-refractivity contribution in [1.29, 1.82) is 0 Å². The second-order valence-electron chi connectivity index (χ2n) is 8.74. The van der Waals surface area contributed by atoms with Crippen LogP contribution in [0.25, 0.3) is 5.65 Å². The number of pyridine rings is 1. The summed E-state index contributed by atoms with van der Waals surface area (Å²) >= 11 is 0. The number of nitrogens with zero attached hydrogens (tertiary/aromatic N) is 4. The van der Waals surface area contributed by atoms with Gasteiger partial charge >= 0.3 is 6.18 Å². The number of imidazole rings is 1. The van der Waals surface area contributed by atoms with Gasteiger partial charge in [0, 0.05) is 45.1 Å². The van der Waals surface area contributed by atoms with Gasteiger partial charge < -0.3 is 15.1 Å². The number of hydrogen-bond acceptors (Lipinski definition) is 4. The lowest BCUT2D eigenvalue weighted by Crippen LogP contribution is -2.43. The number of anilines is 2. The van der Waals surface area contributed by atoms with Crippen LogP contribution in [0.5, 0.6) is 0 Å². The molecule has 0 saturated heterocycles. The van der Waals surface area contributed by atoms with Gasteiger partial charge in [-0.05, 0) is 49.9 Å². The smallest absolute Gasteiger partial charge is 0.377 e. The van der Waals surface area contributed by atoms with E-state index in [4.69, 9.17) is 0 Å². The minimum absolute atomic E-state index is 0.0678. The Bertz CT molecular complexity index is 1130. The van der Waals surface area contributed by atoms with E-state index in [-0.39, 0.29) is 23.6 Å². The second-order valence-corrected chi connectivity index (χ2v) is 8.74. The van der Waals surface area contributed by atoms with E-state index in [1.807, 2.05) is 55.2 Å². The number of alkyl halides is 3. The molecule has 0 aliphatic heterocycles. The number of rotatable bonds is 5. The molecule has 4 rings (SSSR count). The van der Waals surface area contributed by atoms with Gasteiger partial charge in [0.15, 0.2) is 5.69 Å². The zero-order valence-corrected chi connectivity index (χ0v) is 18.9. The highest BCUT2D eigenvalue weighted by Gasteiger charge is 2.34. The first kappa shape index (κ1) is 22.9. The number of amides is 1. The van der Waals surface area contributed by atoms with Crippen LogP contribution in [0.15, 0.2) is 48.7 Å². The number of nitrogens with one attached hydrogen (secondary N) is 1. The van der Waals surface area contributed by atoms with Crippen molar-refractivity contribution in [3.05, 3.63) is 59.9 Å². The largest absolute Gasteiger partial charge is 0.434 e. The fourth-order valence-electron chi connectivity index (χ4n) is 4.53. The lowest BCUT2D eigenvalue weighted by Gasteiger charge is -2.36. The predicted octanol–water partition coefficient (Wildman–Crippen LogP) is 4.60. The zero-order valence-electron chi connectivity index (χ0n) is 18.9. The molecular formula is C24H28F3N5O. The molecule has 176 valence electrons. The molecule has 2 heterocycles. The van der Waals surface area contributed by atoms with Crippen LogP contribution in [-0.4, -0.2) is 48.5 Å². The van der Waals surface area contributed by atoms with Crippen LogP contribution in [0.2, 0.25) is 0 Å². The quantitative estimate of drug-likeness (QED) is 0.606. The van der Waals surface area contributed by atoms with Crippen molar-refractivity contribution in [2.75, 3.05) is 30.9 Å². The summed E-state index contributed by atoms with van der Waals surface area (Å²) in [5, 5.41) is 3.15. The molecule has 1 saturated carbocycles. The average Bonchev–Trinajstić information content (AvgIpc) is 3.24. The van der Waals surface area contributed by atoms with Crippen LogP contribution >= 0.6 is 0 Å². The second kappa shape index (κ2) is 8.96. The van der Waals surface area contributed by atoms with Crippen LogP contribution in [0.3, 0.4) is 0 Å². The Labute approximate surface area is 191 Å². The number of para-hydroxylation sites is 1. The molecule has 1 amide bonds. The zero-order chi connectivity index (χ0) is 23.8. The lowest BCUT2D eigenvalue weighted by molar-refractivity contribution is -0.140. The molecule has 0 spiro atoms. The molecule has 2 aromatic heterocycles. The molecule has 9 heteroatoms. The third kappa shape index (κ3) is 4.77. The highest BCUT2D eigenvalue weighted by atomic mass is 19.4. The van der Waals surface area contributed by atoms with Gasteiger partial charge in [0.2, 0.25) is 0 Å². The highest BCUT2D eigenvalue weighted by Crippen LogP contribution is 2.32. The maximum absolute atomic E-state index is 13.1. The van der Waals surface area contributed by atoms with Gasteiger partial charge in [-0.1, -0.05) is 18.2 Å². The van der Waals surface area contributed by atoms with E-state index in [1.165, 1.54) is 4.40 Å². The molecule has 1 aliphatic carbocycles. The van der Waals surface area contributed by atoms with Crippen LogP contribution in [0.1, 0.15) is 41.7 Å². The van der Waals surface area contributed by atoms with E-state index < -0.39 is 11.9 Å². The molecule has 6 nitrogen and oxygen atoms in total. The molecule has 1 aromatic carbocycles. The van der Waals surface area contributed by atoms with E-state index in [9.17, 15) is 18.0 Å². The standard InChI is InChI=1S/C24H28F3N5O/c1-30(2)19-8-5-4-7-18(19)23(33)28-16-11-13-17(14-12-16)31(3)22-10-6-9-21-29-20(15-32(21)22)24(25,26)27/h4-10,15-17H,11-14H2,1-3H3,(H,28,33). The first-order chi connectivity index (χ1) is 15.6. The van der Waals surface area contributed by atoms with Crippen molar-refractivity contribution in [3.63, 3.8) is 0 Å². The van der Waals surface area contributed by atoms with Crippen molar-refractivity contribution in [1.82, 2.24) is 14.7 Å². The highest BCUT2D eigenvalue weighted by molar-refractivity contribution is 5.99. The summed E-state index contributed by atoms with van der Waals surface area (Å²) in [6, 6.07) is 12.8. The average molecular weight is 460 g/mol. The van der Waals surface area contributed by atoms with Crippen LogP contribution in [-0.2, 0) is 6.18 Å². The van der Waals surface area contributed by atoms with Gasteiger partial charge in [-0.2, -0.15) is 13.2 Å². The number of benzene rings is 1. The molecule has 3 aromatic rings. The van der Waals surface area contributed by atoms with Crippen LogP contribution in [0, 0.1) is 0 Å². The minimum Gasteiger partial charge on any atom is -0.377 e. The Morgan fingerprint density at radius 2 is 1.73 bits per heavy atom. The lowest BCUT2D eigenvalue weighted by atomic mass is 9.90. The maximum atomic E-state index is 13.1. The SMILES string of the molecule is CN(C)c1ccccc1C(=O)NC1CCC(N(C)c2cccc3nc(C(F)(F)F)cn23)CC1. The molecule has 1 aliphatic rings. The summed E-state index contributed by atoms with van der Waals surface area (Å²) < 4.78 is 40.9. The van der Waals surface area contributed by atoms with Crippen molar-refractivity contribution in [2.45, 2.75) is 43.9 Å². The van der Waals surface area contributed by atoms with Gasteiger partial charge in [0.25, 0.3) is 5.91 Å². The Balaban J connectivity index is 1.42. The maximum Gasteiger partial charge on any atom is 0.434 e. The summed E-state index contributed by atoms with van der Waals surface area (Å²) in [5.41, 5.74) is 0.893. The summed E-state index contributed by atoms with van der Waals surface area (Å²) in [7, 11) is 5.72. The first-order valence-corrected chi connectivity index (χ1v) is 11.0. The fraction of sp³-hybridized carbons (Fsp3) is 0.417. The molecule has 1 fully saturated rings. The molecular weight excluding hydrogens is 431 g/mol. The third-order valence-electron chi connectivity index (χ3n) is 6.33. The van der Waals surface area contributed by atoms with E-state index in [0.29, 0.717) is 11.4 Å². The Hall–Kier alpha value is -3.23. The van der Waals surface area contributed by atoms with Crippen molar-refractivity contribution in [2.24, 2.45) is 0 Å². The topological polar surface area (TPSA) is 52.9 Å². The minimum atomic E-state index is -4.48. The van der Waals surface area contributed by atoms with Gasteiger partial charge in [-0.25, -0.2) is 4.98 Å². The number of hydrogen-bond donors (Lipinski definition) is 1. The van der Waals surface area contributed by atoms with Crippen molar-refractivity contribution in [3.8, 4) is 0 Å². The number of carbonyl (C=O) groups excluding carboxylic acids is 1. The molecule has 0 atom stereocenters. The Morgan fingerprint density at radius 3 is 2.39 bits per heavy atom. The third-order valence-corrected chi connectivity index (χ3v) is 6.33. The van der Waals surface area contributed by atoms with Gasteiger partial charge in [0.1, 0.15) is 11.5 Å². The molecule has 33 heavy (non-hydrogen) atoms. The van der Waals surface area contributed by atoms with Crippen LogP contribution < -0.4 is 15.1 Å². The van der Waals surface area contributed by atoms with Crippen LogP contribution in [0.4, 0.5) is 24.7 Å². The monoisotopic (exact) mass is 459 g/mol. The first-order valence-electron chi connectivity index (χ1n) is 11.0. The summed E-state index contributed by atoms with van der Waals surface area (Å²) in [5.74, 6) is 0.585. The van der Waals surface area contributed by atoms with Gasteiger partial charge in [-0.15, -0.1) is 0 Å². The van der Waals surface area contributed by atoms with Gasteiger partial charge in [0.05, 0.1) is 5.56 Å². The van der Waals surface area contributed by atoms with Gasteiger partial charge in [-0.3, -0.25) is 9.20 Å².